The third-order valence-corrected chi connectivity index (χ3v) is 10.3. The van der Waals surface area contributed by atoms with E-state index in [9.17, 15) is 24.0 Å². The van der Waals surface area contributed by atoms with Crippen molar-refractivity contribution in [3.8, 4) is 0 Å². The van der Waals surface area contributed by atoms with Crippen LogP contribution in [0.15, 0.2) is 6.20 Å². The third kappa shape index (κ3) is 12.0. The molecular formula is C36H65N9O7. The minimum absolute atomic E-state index is 0.0110. The van der Waals surface area contributed by atoms with Crippen molar-refractivity contribution in [3.05, 3.63) is 11.9 Å². The molecule has 1 aromatic rings. The quantitative estimate of drug-likeness (QED) is 0.143. The minimum atomic E-state index is -0.768. The highest BCUT2D eigenvalue weighted by atomic mass is 16.5. The van der Waals surface area contributed by atoms with Crippen molar-refractivity contribution >= 4 is 29.5 Å². The second-order valence-electron chi connectivity index (χ2n) is 14.9. The molecule has 296 valence electrons. The smallest absolute Gasteiger partial charge is 0.245 e. The van der Waals surface area contributed by atoms with Crippen molar-refractivity contribution in [1.29, 1.82) is 0 Å². The van der Waals surface area contributed by atoms with E-state index in [0.717, 1.165) is 12.8 Å². The minimum Gasteiger partial charge on any atom is -0.379 e. The summed E-state index contributed by atoms with van der Waals surface area (Å²) in [6.07, 6.45) is 2.36. The van der Waals surface area contributed by atoms with Gasteiger partial charge in [-0.3, -0.25) is 28.9 Å². The Labute approximate surface area is 309 Å². The van der Waals surface area contributed by atoms with Crippen LogP contribution in [-0.4, -0.2) is 144 Å². The van der Waals surface area contributed by atoms with Crippen molar-refractivity contribution < 1.29 is 33.4 Å². The zero-order valence-corrected chi connectivity index (χ0v) is 33.4. The van der Waals surface area contributed by atoms with E-state index in [1.165, 1.54) is 13.3 Å². The number of likely N-dealkylation sites (N-methyl/N-ethyl adjacent to an activating group) is 2. The Morgan fingerprint density at radius 2 is 1.65 bits per heavy atom. The first kappa shape index (κ1) is 44.5. The molecular weight excluding hydrogens is 670 g/mol. The molecule has 0 aliphatic carbocycles. The van der Waals surface area contributed by atoms with Gasteiger partial charge in [-0.25, -0.2) is 0 Å². The van der Waals surface area contributed by atoms with Crippen molar-refractivity contribution in [1.82, 2.24) is 46.1 Å². The van der Waals surface area contributed by atoms with Crippen LogP contribution in [0.4, 0.5) is 0 Å². The van der Waals surface area contributed by atoms with Crippen LogP contribution in [0.2, 0.25) is 0 Å². The number of nitrogens with zero attached hydrogens (tertiary/aromatic N) is 5. The zero-order chi connectivity index (χ0) is 39.3. The predicted octanol–water partition coefficient (Wildman–Crippen LogP) is 1.18. The fourth-order valence-corrected chi connectivity index (χ4v) is 7.30. The lowest BCUT2D eigenvalue weighted by molar-refractivity contribution is -0.148. The number of hydrogen-bond donors (Lipinski definition) is 4. The van der Waals surface area contributed by atoms with Gasteiger partial charge in [-0.1, -0.05) is 54.9 Å². The molecule has 0 saturated carbocycles. The van der Waals surface area contributed by atoms with Crippen LogP contribution in [0.25, 0.3) is 0 Å². The lowest BCUT2D eigenvalue weighted by atomic mass is 9.89. The Morgan fingerprint density at radius 1 is 0.981 bits per heavy atom. The molecule has 4 N–H and O–H groups in total. The normalized spacial score (nSPS) is 18.8. The summed E-state index contributed by atoms with van der Waals surface area (Å²) < 4.78 is 11.8. The van der Waals surface area contributed by atoms with Crippen molar-refractivity contribution in [2.45, 2.75) is 117 Å². The molecule has 16 nitrogen and oxygen atoms in total. The Balaban J connectivity index is 2.18. The van der Waals surface area contributed by atoms with E-state index >= 15 is 0 Å². The Bertz CT molecular complexity index is 1280. The van der Waals surface area contributed by atoms with E-state index in [1.54, 1.807) is 30.9 Å². The number of H-pyrrole nitrogens is 1. The predicted molar refractivity (Wildman–Crippen MR) is 196 cm³/mol. The molecule has 0 spiro atoms. The number of amides is 5. The Kier molecular flexibility index (Phi) is 18.1. The van der Waals surface area contributed by atoms with Gasteiger partial charge >= 0.3 is 0 Å². The lowest BCUT2D eigenvalue weighted by Crippen LogP contribution is -2.59. The number of aromatic amines is 1. The molecule has 1 aromatic heterocycles. The third-order valence-electron chi connectivity index (χ3n) is 10.3. The number of methoxy groups -OCH3 is 2. The first-order chi connectivity index (χ1) is 24.5. The van der Waals surface area contributed by atoms with Gasteiger partial charge in [0.1, 0.15) is 11.7 Å². The molecule has 52 heavy (non-hydrogen) atoms. The average Bonchev–Trinajstić information content (AvgIpc) is 3.80. The van der Waals surface area contributed by atoms with Gasteiger partial charge in [-0.05, 0) is 44.7 Å². The monoisotopic (exact) mass is 736 g/mol. The van der Waals surface area contributed by atoms with Gasteiger partial charge in [-0.2, -0.15) is 15.4 Å². The molecule has 0 radical (unpaired) electrons. The Morgan fingerprint density at radius 3 is 2.17 bits per heavy atom. The number of rotatable bonds is 21. The molecule has 8 atom stereocenters. The van der Waals surface area contributed by atoms with E-state index < -0.39 is 36.3 Å². The van der Waals surface area contributed by atoms with Crippen LogP contribution < -0.4 is 16.0 Å². The van der Waals surface area contributed by atoms with Crippen molar-refractivity contribution in [2.24, 2.45) is 23.7 Å². The molecule has 1 saturated heterocycles. The van der Waals surface area contributed by atoms with E-state index in [2.05, 4.69) is 31.4 Å². The number of carbonyl (C=O) groups excluding carboxylic acids is 5. The number of nitrogens with one attached hydrogen (secondary N) is 4. The summed E-state index contributed by atoms with van der Waals surface area (Å²) in [5.41, 5.74) is 0.562. The molecule has 0 aromatic carbocycles. The summed E-state index contributed by atoms with van der Waals surface area (Å²) >= 11 is 0. The molecule has 1 aliphatic heterocycles. The van der Waals surface area contributed by atoms with Gasteiger partial charge in [0.15, 0.2) is 0 Å². The van der Waals surface area contributed by atoms with Crippen molar-refractivity contribution in [3.63, 3.8) is 0 Å². The highest BCUT2D eigenvalue weighted by Crippen LogP contribution is 2.29. The Hall–Kier alpha value is -3.63. The molecule has 5 amide bonds. The van der Waals surface area contributed by atoms with Crippen LogP contribution in [0.3, 0.4) is 0 Å². The molecule has 2 rings (SSSR count). The molecule has 16 heteroatoms. The maximum Gasteiger partial charge on any atom is 0.245 e. The maximum absolute atomic E-state index is 14.2. The fraction of sp³-hybridized carbons (Fsp3) is 0.806. The van der Waals surface area contributed by atoms with E-state index in [1.807, 2.05) is 60.5 Å². The first-order valence-electron chi connectivity index (χ1n) is 18.5. The van der Waals surface area contributed by atoms with Gasteiger partial charge < -0.3 is 35.2 Å². The second kappa shape index (κ2) is 21.2. The first-order valence-corrected chi connectivity index (χ1v) is 18.5. The average molecular weight is 736 g/mol. The van der Waals surface area contributed by atoms with Gasteiger partial charge in [0.2, 0.25) is 29.5 Å². The van der Waals surface area contributed by atoms with E-state index in [0.29, 0.717) is 18.7 Å². The second-order valence-corrected chi connectivity index (χ2v) is 14.9. The molecule has 1 aliphatic rings. The number of aromatic nitrogens is 3. The fourth-order valence-electron chi connectivity index (χ4n) is 7.30. The summed E-state index contributed by atoms with van der Waals surface area (Å²) in [4.78, 5) is 72.4. The summed E-state index contributed by atoms with van der Waals surface area (Å²) in [7, 11) is 8.48. The standard InChI is InChI=1S/C36H65N9O7/c1-13-23(6)32(44(10)36(50)30(21(2)3)40-35(49)31(22(4)5)43(8)9)27(51-11)17-29(47)45-16-14-15-26(45)33(52-12)24(7)34(48)38-20-28(46)37-18-25-19-39-42-41-25/h19,21-24,26-27,30-33H,13-18,20H2,1-12H3,(H,37,46)(H,38,48)(H,40,49)(H,39,41,42)/t23-,24+,26-,27+,30-,31-,32-,33+/m0/s1. The number of likely N-dealkylation sites (tertiary alicyclic amines) is 1. The van der Waals surface area contributed by atoms with Gasteiger partial charge in [-0.15, -0.1) is 0 Å². The number of carbonyl (C=O) groups is 5. The van der Waals surface area contributed by atoms with Crippen LogP contribution in [0.1, 0.15) is 79.8 Å². The highest BCUT2D eigenvalue weighted by molar-refractivity contribution is 5.90. The highest BCUT2D eigenvalue weighted by Gasteiger charge is 2.43. The summed E-state index contributed by atoms with van der Waals surface area (Å²) in [5, 5.41) is 18.4. The maximum atomic E-state index is 14.2. The number of hydrogen-bond acceptors (Lipinski definition) is 10. The number of ether oxygens (including phenoxy) is 2. The molecule has 2 heterocycles. The van der Waals surface area contributed by atoms with Gasteiger partial charge in [0, 0.05) is 27.8 Å². The summed E-state index contributed by atoms with van der Waals surface area (Å²) in [6.45, 7) is 14.0. The molecule has 1 fully saturated rings. The topological polar surface area (TPSA) is 191 Å². The van der Waals surface area contributed by atoms with Crippen LogP contribution >= 0.6 is 0 Å². The lowest BCUT2D eigenvalue weighted by Gasteiger charge is -2.41. The van der Waals surface area contributed by atoms with Crippen LogP contribution in [0, 0.1) is 23.7 Å². The van der Waals surface area contributed by atoms with Crippen LogP contribution in [-0.2, 0) is 40.0 Å². The van der Waals surface area contributed by atoms with Gasteiger partial charge in [0.05, 0.1) is 62.0 Å². The molecule has 0 bridgehead atoms. The van der Waals surface area contributed by atoms with E-state index in [4.69, 9.17) is 9.47 Å². The molecule has 0 unspecified atom stereocenters. The zero-order valence-electron chi connectivity index (χ0n) is 33.4. The van der Waals surface area contributed by atoms with Gasteiger partial charge in [0.25, 0.3) is 0 Å². The summed E-state index contributed by atoms with van der Waals surface area (Å²) in [5.74, 6) is -2.19. The van der Waals surface area contributed by atoms with Crippen LogP contribution in [0.5, 0.6) is 0 Å². The van der Waals surface area contributed by atoms with Crippen molar-refractivity contribution in [2.75, 3.05) is 48.5 Å². The summed E-state index contributed by atoms with van der Waals surface area (Å²) in [6, 6.07) is -2.00. The SMILES string of the molecule is CC[C@H](C)[C@@H]([C@@H](CC(=O)N1CCC[C@H]1[C@H](OC)[C@@H](C)C(=O)NCC(=O)NCc1cn[nH]n1)OC)N(C)C(=O)[C@@H](NC(=O)[C@H](C(C)C)N(C)C)C(C)C. The van der Waals surface area contributed by atoms with E-state index in [-0.39, 0.29) is 72.8 Å². The largest absolute Gasteiger partial charge is 0.379 e.